The summed E-state index contributed by atoms with van der Waals surface area (Å²) < 4.78 is 1.68. The van der Waals surface area contributed by atoms with Crippen LogP contribution in [0.15, 0.2) is 4.79 Å². The van der Waals surface area contributed by atoms with E-state index in [-0.39, 0.29) is 11.6 Å². The quantitative estimate of drug-likeness (QED) is 0.731. The van der Waals surface area contributed by atoms with Gasteiger partial charge < -0.3 is 10.6 Å². The number of aryl methyl sites for hydroxylation is 1. The Bertz CT molecular complexity index is 508. The molecule has 2 aliphatic rings. The minimum absolute atomic E-state index is 0.128. The summed E-state index contributed by atoms with van der Waals surface area (Å²) in [7, 11) is 1.81. The van der Waals surface area contributed by atoms with Gasteiger partial charge in [0.15, 0.2) is 0 Å². The van der Waals surface area contributed by atoms with E-state index in [9.17, 15) is 4.79 Å². The van der Waals surface area contributed by atoms with E-state index in [1.807, 2.05) is 7.05 Å². The number of hydrogen-bond acceptors (Lipinski definition) is 4. The fourth-order valence-electron chi connectivity index (χ4n) is 2.82. The second-order valence-electron chi connectivity index (χ2n) is 5.05. The first kappa shape index (κ1) is 10.8. The predicted molar refractivity (Wildman–Crippen MR) is 66.3 cm³/mol. The fourth-order valence-corrected chi connectivity index (χ4v) is 2.82. The maximum Gasteiger partial charge on any atom is 0.258 e. The first-order chi connectivity index (χ1) is 8.16. The van der Waals surface area contributed by atoms with Gasteiger partial charge in [0, 0.05) is 31.7 Å². The van der Waals surface area contributed by atoms with Gasteiger partial charge in [-0.1, -0.05) is 0 Å². The number of anilines is 1. The Hall–Kier alpha value is -1.36. The summed E-state index contributed by atoms with van der Waals surface area (Å²) >= 11 is 0. The van der Waals surface area contributed by atoms with Gasteiger partial charge in [0.05, 0.1) is 5.69 Å². The molecule has 5 heteroatoms. The summed E-state index contributed by atoms with van der Waals surface area (Å²) in [6, 6.07) is 0.208. The lowest BCUT2D eigenvalue weighted by molar-refractivity contribution is 0.729. The number of rotatable bonds is 1. The minimum Gasteiger partial charge on any atom is -0.341 e. The molecule has 1 atom stereocenters. The molecule has 1 saturated heterocycles. The maximum absolute atomic E-state index is 12.2. The van der Waals surface area contributed by atoms with Crippen molar-refractivity contribution in [3.05, 3.63) is 21.6 Å². The van der Waals surface area contributed by atoms with Crippen LogP contribution in [0.1, 0.15) is 24.1 Å². The summed E-state index contributed by atoms with van der Waals surface area (Å²) in [6.07, 6.45) is 3.86. The Morgan fingerprint density at radius 2 is 2.24 bits per heavy atom. The smallest absolute Gasteiger partial charge is 0.258 e. The van der Waals surface area contributed by atoms with E-state index in [2.05, 4.69) is 9.88 Å². The van der Waals surface area contributed by atoms with Gasteiger partial charge >= 0.3 is 0 Å². The summed E-state index contributed by atoms with van der Waals surface area (Å²) in [5.74, 6) is 0.795. The molecule has 2 N–H and O–H groups in total. The summed E-state index contributed by atoms with van der Waals surface area (Å²) in [4.78, 5) is 19.0. The van der Waals surface area contributed by atoms with Gasteiger partial charge in [-0.25, -0.2) is 4.98 Å². The molecule has 5 nitrogen and oxygen atoms in total. The molecule has 3 rings (SSSR count). The summed E-state index contributed by atoms with van der Waals surface area (Å²) in [5.41, 5.74) is 7.95. The normalized spacial score (nSPS) is 23.2. The molecule has 1 aromatic heterocycles. The number of hydrogen-bond donors (Lipinski definition) is 1. The zero-order chi connectivity index (χ0) is 12.0. The van der Waals surface area contributed by atoms with Crippen LogP contribution in [0.25, 0.3) is 0 Å². The van der Waals surface area contributed by atoms with E-state index in [0.29, 0.717) is 0 Å². The molecular formula is C12H18N4O. The van der Waals surface area contributed by atoms with E-state index in [1.54, 1.807) is 4.57 Å². The van der Waals surface area contributed by atoms with Crippen LogP contribution in [-0.2, 0) is 19.9 Å². The minimum atomic E-state index is 0.128. The average Bonchev–Trinajstić information content (AvgIpc) is 2.91. The van der Waals surface area contributed by atoms with Gasteiger partial charge in [0.2, 0.25) is 5.95 Å². The highest BCUT2D eigenvalue weighted by Crippen LogP contribution is 2.21. The first-order valence-electron chi connectivity index (χ1n) is 6.26. The predicted octanol–water partition coefficient (Wildman–Crippen LogP) is -0.194. The third kappa shape index (κ3) is 1.65. The van der Waals surface area contributed by atoms with Crippen LogP contribution in [0.5, 0.6) is 0 Å². The van der Waals surface area contributed by atoms with Gasteiger partial charge in [-0.2, -0.15) is 0 Å². The zero-order valence-electron chi connectivity index (χ0n) is 10.1. The maximum atomic E-state index is 12.2. The van der Waals surface area contributed by atoms with E-state index in [0.717, 1.165) is 56.0 Å². The summed E-state index contributed by atoms with van der Waals surface area (Å²) in [6.45, 7) is 1.71. The van der Waals surface area contributed by atoms with E-state index < -0.39 is 0 Å². The fraction of sp³-hybridized carbons (Fsp3) is 0.667. The molecule has 2 heterocycles. The SMILES string of the molecule is Cn1c(N2CC[C@H](N)C2)nc2c(c1=O)CCC2. The van der Waals surface area contributed by atoms with Crippen LogP contribution in [0.4, 0.5) is 5.95 Å². The van der Waals surface area contributed by atoms with Crippen LogP contribution in [0.2, 0.25) is 0 Å². The van der Waals surface area contributed by atoms with E-state index in [1.165, 1.54) is 0 Å². The molecule has 0 amide bonds. The Morgan fingerprint density at radius 1 is 1.41 bits per heavy atom. The summed E-state index contributed by atoms with van der Waals surface area (Å²) in [5, 5.41) is 0. The van der Waals surface area contributed by atoms with Gasteiger partial charge in [-0.15, -0.1) is 0 Å². The molecule has 1 fully saturated rings. The van der Waals surface area contributed by atoms with Crippen LogP contribution in [-0.4, -0.2) is 28.7 Å². The lowest BCUT2D eigenvalue weighted by Crippen LogP contribution is -2.33. The second-order valence-corrected chi connectivity index (χ2v) is 5.05. The van der Waals surface area contributed by atoms with Crippen LogP contribution < -0.4 is 16.2 Å². The van der Waals surface area contributed by atoms with Crippen molar-refractivity contribution < 1.29 is 0 Å². The van der Waals surface area contributed by atoms with E-state index in [4.69, 9.17) is 5.73 Å². The third-order valence-corrected chi connectivity index (χ3v) is 3.79. The molecule has 1 aliphatic carbocycles. The molecule has 0 unspecified atom stereocenters. The van der Waals surface area contributed by atoms with Gasteiger partial charge in [-0.05, 0) is 25.7 Å². The monoisotopic (exact) mass is 234 g/mol. The van der Waals surface area contributed by atoms with Crippen molar-refractivity contribution >= 4 is 5.95 Å². The number of nitrogens with zero attached hydrogens (tertiary/aromatic N) is 3. The van der Waals surface area contributed by atoms with Crippen LogP contribution in [0, 0.1) is 0 Å². The Kier molecular flexibility index (Phi) is 2.43. The molecule has 0 aromatic carbocycles. The van der Waals surface area contributed by atoms with E-state index >= 15 is 0 Å². The van der Waals surface area contributed by atoms with Gasteiger partial charge in [0.25, 0.3) is 5.56 Å². The van der Waals surface area contributed by atoms with Crippen molar-refractivity contribution in [2.45, 2.75) is 31.7 Å². The highest BCUT2D eigenvalue weighted by Gasteiger charge is 2.25. The number of nitrogens with two attached hydrogens (primary N) is 1. The lowest BCUT2D eigenvalue weighted by atomic mass is 10.2. The highest BCUT2D eigenvalue weighted by molar-refractivity contribution is 5.38. The first-order valence-corrected chi connectivity index (χ1v) is 6.26. The molecule has 0 bridgehead atoms. The molecule has 0 saturated carbocycles. The molecular weight excluding hydrogens is 216 g/mol. The largest absolute Gasteiger partial charge is 0.341 e. The molecule has 1 aromatic rings. The van der Waals surface area contributed by atoms with Crippen LogP contribution in [0.3, 0.4) is 0 Å². The van der Waals surface area contributed by atoms with Crippen molar-refractivity contribution in [1.29, 1.82) is 0 Å². The average molecular weight is 234 g/mol. The van der Waals surface area contributed by atoms with Crippen molar-refractivity contribution in [1.82, 2.24) is 9.55 Å². The van der Waals surface area contributed by atoms with Crippen LogP contribution >= 0.6 is 0 Å². The van der Waals surface area contributed by atoms with Gasteiger partial charge in [-0.3, -0.25) is 9.36 Å². The third-order valence-electron chi connectivity index (χ3n) is 3.79. The molecule has 92 valence electrons. The van der Waals surface area contributed by atoms with Crippen molar-refractivity contribution in [2.24, 2.45) is 12.8 Å². The zero-order valence-corrected chi connectivity index (χ0v) is 10.1. The highest BCUT2D eigenvalue weighted by atomic mass is 16.1. The Balaban J connectivity index is 2.06. The standard InChI is InChI=1S/C12H18N4O/c1-15-11(17)9-3-2-4-10(9)14-12(15)16-6-5-8(13)7-16/h8H,2-7,13H2,1H3/t8-/m0/s1. The lowest BCUT2D eigenvalue weighted by Gasteiger charge is -2.20. The Labute approximate surface area is 100 Å². The Morgan fingerprint density at radius 3 is 2.94 bits per heavy atom. The number of fused-ring (bicyclic) bond motifs is 1. The van der Waals surface area contributed by atoms with Crippen molar-refractivity contribution in [3.8, 4) is 0 Å². The van der Waals surface area contributed by atoms with Crippen molar-refractivity contribution in [3.63, 3.8) is 0 Å². The topological polar surface area (TPSA) is 64.2 Å². The molecule has 1 aliphatic heterocycles. The van der Waals surface area contributed by atoms with Gasteiger partial charge in [0.1, 0.15) is 0 Å². The molecule has 0 radical (unpaired) electrons. The molecule has 0 spiro atoms. The molecule has 17 heavy (non-hydrogen) atoms. The second kappa shape index (κ2) is 3.84. The number of aromatic nitrogens is 2. The van der Waals surface area contributed by atoms with Crippen molar-refractivity contribution in [2.75, 3.05) is 18.0 Å².